The summed E-state index contributed by atoms with van der Waals surface area (Å²) in [5, 5.41) is 10.3. The van der Waals surface area contributed by atoms with E-state index in [-0.39, 0.29) is 5.91 Å². The average molecular weight is 331 g/mol. The highest BCUT2D eigenvalue weighted by molar-refractivity contribution is 5.97. The number of nitrogens with one attached hydrogen (secondary N) is 3. The standard InChI is InChI=1S/C19H17N5O/c20-10-13-7-11(1-2-15(13)21)17-8-12(3-5-22-17)18-9-14-16(24-18)4-6-23-19(14)25/h1-3,5,7-10,20,24H,4,6,21H2,(H,23,25). The first-order valence-electron chi connectivity index (χ1n) is 8.02. The zero-order chi connectivity index (χ0) is 17.4. The van der Waals surface area contributed by atoms with Crippen LogP contribution in [0.15, 0.2) is 42.6 Å². The summed E-state index contributed by atoms with van der Waals surface area (Å²) in [5.41, 5.74) is 12.3. The lowest BCUT2D eigenvalue weighted by molar-refractivity contribution is 0.0946. The van der Waals surface area contributed by atoms with Crippen LogP contribution in [-0.4, -0.2) is 28.6 Å². The number of nitrogens with zero attached hydrogens (tertiary/aromatic N) is 1. The molecule has 1 aliphatic heterocycles. The van der Waals surface area contributed by atoms with Gasteiger partial charge in [-0.15, -0.1) is 0 Å². The Morgan fingerprint density at radius 1 is 1.16 bits per heavy atom. The molecule has 3 heterocycles. The van der Waals surface area contributed by atoms with Crippen LogP contribution in [0, 0.1) is 5.41 Å². The van der Waals surface area contributed by atoms with Gasteiger partial charge in [-0.05, 0) is 30.3 Å². The van der Waals surface area contributed by atoms with Gasteiger partial charge in [0.05, 0.1) is 11.3 Å². The van der Waals surface area contributed by atoms with E-state index in [4.69, 9.17) is 11.1 Å². The highest BCUT2D eigenvalue weighted by atomic mass is 16.1. The van der Waals surface area contributed by atoms with Crippen LogP contribution in [-0.2, 0) is 6.42 Å². The minimum atomic E-state index is -0.0350. The molecule has 0 aliphatic carbocycles. The molecule has 124 valence electrons. The van der Waals surface area contributed by atoms with Crippen LogP contribution in [0.5, 0.6) is 0 Å². The van der Waals surface area contributed by atoms with E-state index in [0.717, 1.165) is 34.6 Å². The quantitative estimate of drug-likeness (QED) is 0.437. The minimum Gasteiger partial charge on any atom is -0.398 e. The molecule has 2 aromatic heterocycles. The molecule has 1 aromatic carbocycles. The van der Waals surface area contributed by atoms with E-state index in [1.54, 1.807) is 12.3 Å². The summed E-state index contributed by atoms with van der Waals surface area (Å²) in [6.07, 6.45) is 3.78. The van der Waals surface area contributed by atoms with Crippen LogP contribution in [0.4, 0.5) is 5.69 Å². The van der Waals surface area contributed by atoms with E-state index in [1.807, 2.05) is 30.3 Å². The van der Waals surface area contributed by atoms with Crippen molar-refractivity contribution >= 4 is 17.8 Å². The smallest absolute Gasteiger partial charge is 0.253 e. The van der Waals surface area contributed by atoms with Gasteiger partial charge in [0.2, 0.25) is 0 Å². The van der Waals surface area contributed by atoms with Crippen molar-refractivity contribution in [2.75, 3.05) is 12.3 Å². The van der Waals surface area contributed by atoms with Gasteiger partial charge in [0, 0.05) is 59.1 Å². The topological polar surface area (TPSA) is 108 Å². The van der Waals surface area contributed by atoms with Crippen molar-refractivity contribution in [1.29, 1.82) is 5.41 Å². The van der Waals surface area contributed by atoms with Crippen molar-refractivity contribution in [2.24, 2.45) is 0 Å². The van der Waals surface area contributed by atoms with Crippen LogP contribution >= 0.6 is 0 Å². The van der Waals surface area contributed by atoms with E-state index in [1.165, 1.54) is 6.21 Å². The molecule has 0 radical (unpaired) electrons. The third kappa shape index (κ3) is 2.67. The zero-order valence-electron chi connectivity index (χ0n) is 13.5. The molecule has 6 heteroatoms. The average Bonchev–Trinajstić information content (AvgIpc) is 3.08. The Morgan fingerprint density at radius 2 is 2.04 bits per heavy atom. The third-order valence-electron chi connectivity index (χ3n) is 4.41. The summed E-state index contributed by atoms with van der Waals surface area (Å²) in [7, 11) is 0. The molecule has 0 saturated carbocycles. The molecule has 0 unspecified atom stereocenters. The van der Waals surface area contributed by atoms with Crippen molar-refractivity contribution in [3.63, 3.8) is 0 Å². The van der Waals surface area contributed by atoms with Crippen LogP contribution in [0.25, 0.3) is 22.5 Å². The van der Waals surface area contributed by atoms with Crippen molar-refractivity contribution in [3.8, 4) is 22.5 Å². The summed E-state index contributed by atoms with van der Waals surface area (Å²) in [5.74, 6) is -0.0350. The lowest BCUT2D eigenvalue weighted by Gasteiger charge is -2.11. The molecule has 1 amide bonds. The van der Waals surface area contributed by atoms with E-state index in [0.29, 0.717) is 23.4 Å². The maximum Gasteiger partial charge on any atom is 0.253 e. The number of rotatable bonds is 3. The SMILES string of the molecule is N=Cc1cc(-c2cc(-c3cc4c([nH]3)CCNC4=O)ccn2)ccc1N. The van der Waals surface area contributed by atoms with Gasteiger partial charge in [0.15, 0.2) is 0 Å². The predicted octanol–water partition coefficient (Wildman–Crippen LogP) is 2.61. The number of amides is 1. The van der Waals surface area contributed by atoms with Crippen molar-refractivity contribution in [3.05, 3.63) is 59.4 Å². The Balaban J connectivity index is 1.75. The number of carbonyl (C=O) groups is 1. The van der Waals surface area contributed by atoms with Crippen molar-refractivity contribution in [2.45, 2.75) is 6.42 Å². The highest BCUT2D eigenvalue weighted by Gasteiger charge is 2.20. The lowest BCUT2D eigenvalue weighted by atomic mass is 10.0. The number of anilines is 1. The molecule has 0 saturated heterocycles. The molecule has 0 atom stereocenters. The third-order valence-corrected chi connectivity index (χ3v) is 4.41. The van der Waals surface area contributed by atoms with E-state index < -0.39 is 0 Å². The van der Waals surface area contributed by atoms with Crippen molar-refractivity contribution < 1.29 is 4.79 Å². The normalized spacial score (nSPS) is 13.2. The van der Waals surface area contributed by atoms with Gasteiger partial charge in [-0.2, -0.15) is 0 Å². The second-order valence-electron chi connectivity index (χ2n) is 6.00. The second kappa shape index (κ2) is 5.90. The predicted molar refractivity (Wildman–Crippen MR) is 97.8 cm³/mol. The van der Waals surface area contributed by atoms with Gasteiger partial charge in [-0.1, -0.05) is 6.07 Å². The van der Waals surface area contributed by atoms with Crippen LogP contribution in [0.3, 0.4) is 0 Å². The highest BCUT2D eigenvalue weighted by Crippen LogP contribution is 2.28. The molecule has 1 aliphatic rings. The Kier molecular flexibility index (Phi) is 3.57. The molecule has 0 bridgehead atoms. The first-order valence-corrected chi connectivity index (χ1v) is 8.02. The zero-order valence-corrected chi connectivity index (χ0v) is 13.5. The summed E-state index contributed by atoms with van der Waals surface area (Å²) in [6.45, 7) is 0.658. The number of nitrogen functional groups attached to an aromatic ring is 1. The number of aromatic nitrogens is 2. The molecule has 0 fully saturated rings. The molecule has 4 rings (SSSR count). The fraction of sp³-hybridized carbons (Fsp3) is 0.105. The van der Waals surface area contributed by atoms with Gasteiger partial charge in [0.25, 0.3) is 5.91 Å². The number of aromatic amines is 1. The summed E-state index contributed by atoms with van der Waals surface area (Å²) >= 11 is 0. The van der Waals surface area contributed by atoms with E-state index >= 15 is 0 Å². The number of H-pyrrole nitrogens is 1. The number of hydrogen-bond donors (Lipinski definition) is 4. The molecule has 0 spiro atoms. The number of hydrogen-bond acceptors (Lipinski definition) is 4. The number of carbonyl (C=O) groups excluding carboxylic acids is 1. The van der Waals surface area contributed by atoms with Crippen LogP contribution in [0.2, 0.25) is 0 Å². The molecule has 25 heavy (non-hydrogen) atoms. The molecular formula is C19H17N5O. The van der Waals surface area contributed by atoms with Gasteiger partial charge in [0.1, 0.15) is 0 Å². The monoisotopic (exact) mass is 331 g/mol. The fourth-order valence-corrected chi connectivity index (χ4v) is 3.06. The molecular weight excluding hydrogens is 314 g/mol. The number of benzene rings is 1. The first-order chi connectivity index (χ1) is 12.2. The Labute approximate surface area is 144 Å². The minimum absolute atomic E-state index is 0.0350. The number of nitrogens with two attached hydrogens (primary N) is 1. The molecule has 3 aromatic rings. The Hall–Kier alpha value is -3.41. The largest absolute Gasteiger partial charge is 0.398 e. The van der Waals surface area contributed by atoms with Gasteiger partial charge >= 0.3 is 0 Å². The maximum atomic E-state index is 11.9. The van der Waals surface area contributed by atoms with Gasteiger partial charge in [-0.3, -0.25) is 9.78 Å². The van der Waals surface area contributed by atoms with E-state index in [2.05, 4.69) is 15.3 Å². The van der Waals surface area contributed by atoms with Gasteiger partial charge in [-0.25, -0.2) is 0 Å². The van der Waals surface area contributed by atoms with Gasteiger partial charge < -0.3 is 21.4 Å². The first kappa shape index (κ1) is 15.1. The Bertz CT molecular complexity index is 989. The van der Waals surface area contributed by atoms with Crippen molar-refractivity contribution in [1.82, 2.24) is 15.3 Å². The number of fused-ring (bicyclic) bond motifs is 1. The Morgan fingerprint density at radius 3 is 2.84 bits per heavy atom. The number of pyridine rings is 1. The maximum absolute atomic E-state index is 11.9. The molecule has 5 N–H and O–H groups in total. The summed E-state index contributed by atoms with van der Waals surface area (Å²) in [4.78, 5) is 19.7. The summed E-state index contributed by atoms with van der Waals surface area (Å²) < 4.78 is 0. The fourth-order valence-electron chi connectivity index (χ4n) is 3.06. The lowest BCUT2D eigenvalue weighted by Crippen LogP contribution is -2.31. The van der Waals surface area contributed by atoms with Crippen LogP contribution < -0.4 is 11.1 Å². The summed E-state index contributed by atoms with van der Waals surface area (Å²) in [6, 6.07) is 11.3. The molecule has 6 nitrogen and oxygen atoms in total. The van der Waals surface area contributed by atoms with E-state index in [9.17, 15) is 4.79 Å². The second-order valence-corrected chi connectivity index (χ2v) is 6.00. The van der Waals surface area contributed by atoms with Crippen LogP contribution in [0.1, 0.15) is 21.6 Å².